The van der Waals surface area contributed by atoms with Crippen LogP contribution >= 0.6 is 11.8 Å². The fourth-order valence-electron chi connectivity index (χ4n) is 1.82. The zero-order valence-electron chi connectivity index (χ0n) is 9.15. The van der Waals surface area contributed by atoms with Gasteiger partial charge in [-0.25, -0.2) is 0 Å². The highest BCUT2D eigenvalue weighted by Gasteiger charge is 2.14. The molecule has 0 aliphatic carbocycles. The summed E-state index contributed by atoms with van der Waals surface area (Å²) in [6, 6.07) is 0.719. The number of aryl methyl sites for hydroxylation is 1. The Morgan fingerprint density at radius 3 is 3.33 bits per heavy atom. The molecule has 1 aliphatic rings. The highest BCUT2D eigenvalue weighted by Crippen LogP contribution is 2.16. The Balaban J connectivity index is 1.73. The van der Waals surface area contributed by atoms with Gasteiger partial charge in [-0.3, -0.25) is 0 Å². The van der Waals surface area contributed by atoms with Crippen molar-refractivity contribution < 1.29 is 0 Å². The molecule has 1 aliphatic heterocycles. The second kappa shape index (κ2) is 5.51. The van der Waals surface area contributed by atoms with E-state index in [0.717, 1.165) is 31.4 Å². The molecular formula is C10H18N4S. The molecule has 5 heteroatoms. The van der Waals surface area contributed by atoms with E-state index < -0.39 is 0 Å². The number of thioether (sulfide) groups is 1. The Morgan fingerprint density at radius 2 is 2.60 bits per heavy atom. The SMILES string of the molecule is CCc1nncn1CCNC1CCSC1. The molecule has 4 nitrogen and oxygen atoms in total. The molecule has 0 bridgehead atoms. The molecule has 1 aromatic rings. The minimum Gasteiger partial charge on any atom is -0.316 e. The molecule has 15 heavy (non-hydrogen) atoms. The van der Waals surface area contributed by atoms with Gasteiger partial charge in [-0.1, -0.05) is 6.92 Å². The standard InChI is InChI=1S/C10H18N4S/c1-2-10-13-12-8-14(10)5-4-11-9-3-6-15-7-9/h8-9,11H,2-7H2,1H3. The first-order valence-electron chi connectivity index (χ1n) is 5.58. The van der Waals surface area contributed by atoms with Gasteiger partial charge in [-0.2, -0.15) is 11.8 Å². The Morgan fingerprint density at radius 1 is 1.67 bits per heavy atom. The topological polar surface area (TPSA) is 42.7 Å². The van der Waals surface area contributed by atoms with Gasteiger partial charge in [0.2, 0.25) is 0 Å². The molecule has 1 N–H and O–H groups in total. The molecule has 1 saturated heterocycles. The van der Waals surface area contributed by atoms with Crippen LogP contribution in [0.5, 0.6) is 0 Å². The second-order valence-corrected chi connectivity index (χ2v) is 4.96. The molecule has 1 fully saturated rings. The minimum atomic E-state index is 0.719. The fraction of sp³-hybridized carbons (Fsp3) is 0.800. The number of aromatic nitrogens is 3. The Labute approximate surface area is 94.8 Å². The van der Waals surface area contributed by atoms with Crippen molar-refractivity contribution in [2.45, 2.75) is 32.4 Å². The third-order valence-electron chi connectivity index (χ3n) is 2.73. The lowest BCUT2D eigenvalue weighted by atomic mass is 10.2. The van der Waals surface area contributed by atoms with Crippen LogP contribution in [0.2, 0.25) is 0 Å². The minimum absolute atomic E-state index is 0.719. The lowest BCUT2D eigenvalue weighted by Gasteiger charge is -2.11. The molecule has 0 amide bonds. The fourth-order valence-corrected chi connectivity index (χ4v) is 3.01. The Kier molecular flexibility index (Phi) is 4.02. The van der Waals surface area contributed by atoms with Crippen molar-refractivity contribution in [3.63, 3.8) is 0 Å². The highest BCUT2D eigenvalue weighted by atomic mass is 32.2. The van der Waals surface area contributed by atoms with Crippen LogP contribution in [0.3, 0.4) is 0 Å². The molecule has 1 atom stereocenters. The first-order chi connectivity index (χ1) is 7.40. The summed E-state index contributed by atoms with van der Waals surface area (Å²) in [4.78, 5) is 0. The van der Waals surface area contributed by atoms with Crippen LogP contribution in [0.25, 0.3) is 0 Å². The van der Waals surface area contributed by atoms with Crippen molar-refractivity contribution in [3.05, 3.63) is 12.2 Å². The van der Waals surface area contributed by atoms with Crippen LogP contribution in [0.15, 0.2) is 6.33 Å². The third-order valence-corrected chi connectivity index (χ3v) is 3.89. The Hall–Kier alpha value is -0.550. The average Bonchev–Trinajstić information content (AvgIpc) is 2.88. The van der Waals surface area contributed by atoms with Gasteiger partial charge in [0.25, 0.3) is 0 Å². The second-order valence-electron chi connectivity index (χ2n) is 3.81. The van der Waals surface area contributed by atoms with Crippen molar-refractivity contribution >= 4 is 11.8 Å². The van der Waals surface area contributed by atoms with E-state index in [9.17, 15) is 0 Å². The quantitative estimate of drug-likeness (QED) is 0.811. The molecule has 1 unspecified atom stereocenters. The van der Waals surface area contributed by atoms with E-state index in [1.165, 1.54) is 17.9 Å². The van der Waals surface area contributed by atoms with Crippen LogP contribution in [0, 0.1) is 0 Å². The zero-order chi connectivity index (χ0) is 10.5. The lowest BCUT2D eigenvalue weighted by molar-refractivity contribution is 0.514. The lowest BCUT2D eigenvalue weighted by Crippen LogP contribution is -2.31. The predicted octanol–water partition coefficient (Wildman–Crippen LogP) is 0.936. The van der Waals surface area contributed by atoms with E-state index in [1.807, 2.05) is 18.1 Å². The van der Waals surface area contributed by atoms with E-state index in [2.05, 4.69) is 27.0 Å². The van der Waals surface area contributed by atoms with Crippen LogP contribution in [-0.2, 0) is 13.0 Å². The van der Waals surface area contributed by atoms with Crippen molar-refractivity contribution in [3.8, 4) is 0 Å². The van der Waals surface area contributed by atoms with Gasteiger partial charge in [-0.05, 0) is 12.2 Å². The van der Waals surface area contributed by atoms with Crippen LogP contribution in [0.1, 0.15) is 19.2 Å². The summed E-state index contributed by atoms with van der Waals surface area (Å²) in [5.41, 5.74) is 0. The molecule has 84 valence electrons. The van der Waals surface area contributed by atoms with Gasteiger partial charge in [0.1, 0.15) is 12.2 Å². The summed E-state index contributed by atoms with van der Waals surface area (Å²) in [7, 11) is 0. The van der Waals surface area contributed by atoms with Crippen LogP contribution in [0.4, 0.5) is 0 Å². The van der Waals surface area contributed by atoms with E-state index >= 15 is 0 Å². The van der Waals surface area contributed by atoms with Crippen molar-refractivity contribution in [2.75, 3.05) is 18.1 Å². The number of hydrogen-bond donors (Lipinski definition) is 1. The van der Waals surface area contributed by atoms with Crippen molar-refractivity contribution in [1.82, 2.24) is 20.1 Å². The van der Waals surface area contributed by atoms with Crippen molar-refractivity contribution in [1.29, 1.82) is 0 Å². The average molecular weight is 226 g/mol. The maximum atomic E-state index is 4.07. The summed E-state index contributed by atoms with van der Waals surface area (Å²) in [5.74, 6) is 3.66. The highest BCUT2D eigenvalue weighted by molar-refractivity contribution is 7.99. The summed E-state index contributed by atoms with van der Waals surface area (Å²) in [6.45, 7) is 4.12. The van der Waals surface area contributed by atoms with E-state index in [0.29, 0.717) is 0 Å². The summed E-state index contributed by atoms with van der Waals surface area (Å²) in [6.07, 6.45) is 4.09. The molecule has 0 saturated carbocycles. The first kappa shape index (κ1) is 11.0. The Bertz CT molecular complexity index is 293. The van der Waals surface area contributed by atoms with E-state index in [-0.39, 0.29) is 0 Å². The maximum absolute atomic E-state index is 4.07. The molecule has 2 rings (SSSR count). The van der Waals surface area contributed by atoms with E-state index in [1.54, 1.807) is 0 Å². The maximum Gasteiger partial charge on any atom is 0.132 e. The van der Waals surface area contributed by atoms with Gasteiger partial charge in [0.05, 0.1) is 0 Å². The number of nitrogens with zero attached hydrogens (tertiary/aromatic N) is 3. The number of rotatable bonds is 5. The smallest absolute Gasteiger partial charge is 0.132 e. The first-order valence-corrected chi connectivity index (χ1v) is 6.73. The number of hydrogen-bond acceptors (Lipinski definition) is 4. The van der Waals surface area contributed by atoms with Gasteiger partial charge < -0.3 is 9.88 Å². The molecule has 1 aromatic heterocycles. The summed E-state index contributed by atoms with van der Waals surface area (Å²) >= 11 is 2.04. The molecule has 2 heterocycles. The predicted molar refractivity (Wildman–Crippen MR) is 63.1 cm³/mol. The molecule has 0 aromatic carbocycles. The normalized spacial score (nSPS) is 21.0. The van der Waals surface area contributed by atoms with Gasteiger partial charge in [0.15, 0.2) is 0 Å². The van der Waals surface area contributed by atoms with Gasteiger partial charge in [0, 0.05) is 31.3 Å². The van der Waals surface area contributed by atoms with E-state index in [4.69, 9.17) is 0 Å². The zero-order valence-corrected chi connectivity index (χ0v) is 9.96. The van der Waals surface area contributed by atoms with Gasteiger partial charge >= 0.3 is 0 Å². The molecule has 0 radical (unpaired) electrons. The summed E-state index contributed by atoms with van der Waals surface area (Å²) < 4.78 is 2.13. The summed E-state index contributed by atoms with van der Waals surface area (Å²) in [5, 5.41) is 11.6. The van der Waals surface area contributed by atoms with Gasteiger partial charge in [-0.15, -0.1) is 10.2 Å². The van der Waals surface area contributed by atoms with Crippen LogP contribution < -0.4 is 5.32 Å². The third kappa shape index (κ3) is 2.95. The monoisotopic (exact) mass is 226 g/mol. The van der Waals surface area contributed by atoms with Crippen molar-refractivity contribution in [2.24, 2.45) is 0 Å². The largest absolute Gasteiger partial charge is 0.316 e. The number of nitrogens with one attached hydrogen (secondary N) is 1. The molecule has 0 spiro atoms. The van der Waals surface area contributed by atoms with Crippen LogP contribution in [-0.4, -0.2) is 38.9 Å². The molecular weight excluding hydrogens is 208 g/mol.